The molecular formula is C19H19N3O2S. The van der Waals surface area contributed by atoms with Gasteiger partial charge in [-0.25, -0.2) is 13.4 Å². The van der Waals surface area contributed by atoms with Crippen LogP contribution in [-0.4, -0.2) is 17.7 Å². The van der Waals surface area contributed by atoms with Gasteiger partial charge in [-0.3, -0.25) is 0 Å². The van der Waals surface area contributed by atoms with Gasteiger partial charge in [0.05, 0.1) is 0 Å². The third-order valence-electron chi connectivity index (χ3n) is 3.80. The molecule has 0 aliphatic carbocycles. The average molecular weight is 353 g/mol. The Labute approximate surface area is 147 Å². The molecule has 0 amide bonds. The predicted octanol–water partition coefficient (Wildman–Crippen LogP) is 3.05. The Morgan fingerprint density at radius 1 is 0.800 bits per heavy atom. The van der Waals surface area contributed by atoms with Crippen molar-refractivity contribution in [1.82, 2.24) is 9.29 Å². The number of hydrogen-bond donors (Lipinski definition) is 1. The fourth-order valence-electron chi connectivity index (χ4n) is 2.49. The third-order valence-corrected chi connectivity index (χ3v) is 5.58. The van der Waals surface area contributed by atoms with Crippen molar-refractivity contribution in [3.63, 3.8) is 0 Å². The lowest BCUT2D eigenvalue weighted by Crippen LogP contribution is -2.30. The molecule has 128 valence electrons. The van der Waals surface area contributed by atoms with E-state index in [1.54, 1.807) is 0 Å². The summed E-state index contributed by atoms with van der Waals surface area (Å²) in [4.78, 5) is 4.05. The van der Waals surface area contributed by atoms with Gasteiger partial charge in [0.1, 0.15) is 10.7 Å². The second kappa shape index (κ2) is 7.46. The zero-order chi connectivity index (χ0) is 17.7. The molecule has 0 saturated carbocycles. The van der Waals surface area contributed by atoms with Crippen molar-refractivity contribution >= 4 is 15.8 Å². The Balaban J connectivity index is 1.95. The molecule has 1 heterocycles. The molecular weight excluding hydrogens is 334 g/mol. The summed E-state index contributed by atoms with van der Waals surface area (Å²) >= 11 is 0. The Morgan fingerprint density at radius 2 is 1.32 bits per heavy atom. The SMILES string of the molecule is Nc1ccc(S(=O)(=O)N(Cc2ccccc2)Cc2ccccc2)cn1. The van der Waals surface area contributed by atoms with Crippen LogP contribution in [0.15, 0.2) is 83.9 Å². The van der Waals surface area contributed by atoms with Crippen LogP contribution in [0.25, 0.3) is 0 Å². The van der Waals surface area contributed by atoms with Gasteiger partial charge in [0.15, 0.2) is 0 Å². The highest BCUT2D eigenvalue weighted by atomic mass is 32.2. The van der Waals surface area contributed by atoms with E-state index in [0.29, 0.717) is 0 Å². The van der Waals surface area contributed by atoms with Gasteiger partial charge in [-0.15, -0.1) is 0 Å². The van der Waals surface area contributed by atoms with Gasteiger partial charge in [0.2, 0.25) is 10.0 Å². The smallest absolute Gasteiger partial charge is 0.245 e. The Morgan fingerprint density at radius 3 is 1.76 bits per heavy atom. The van der Waals surface area contributed by atoms with E-state index < -0.39 is 10.0 Å². The Kier molecular flexibility index (Phi) is 5.11. The molecule has 25 heavy (non-hydrogen) atoms. The second-order valence-corrected chi connectivity index (χ2v) is 7.60. The van der Waals surface area contributed by atoms with E-state index in [2.05, 4.69) is 4.98 Å². The lowest BCUT2D eigenvalue weighted by Gasteiger charge is -2.22. The molecule has 6 heteroatoms. The van der Waals surface area contributed by atoms with Crippen LogP contribution in [0.5, 0.6) is 0 Å². The van der Waals surface area contributed by atoms with E-state index in [0.717, 1.165) is 11.1 Å². The normalized spacial score (nSPS) is 11.6. The molecule has 0 spiro atoms. The lowest BCUT2D eigenvalue weighted by atomic mass is 10.2. The molecule has 0 saturated heterocycles. The summed E-state index contributed by atoms with van der Waals surface area (Å²) in [5, 5.41) is 0. The number of benzene rings is 2. The van der Waals surface area contributed by atoms with Gasteiger partial charge in [0, 0.05) is 19.3 Å². The molecule has 5 nitrogen and oxygen atoms in total. The number of hydrogen-bond acceptors (Lipinski definition) is 4. The number of nitrogens with zero attached hydrogens (tertiary/aromatic N) is 2. The number of aromatic nitrogens is 1. The molecule has 0 unspecified atom stereocenters. The maximum Gasteiger partial charge on any atom is 0.245 e. The molecule has 0 fully saturated rings. The van der Waals surface area contributed by atoms with E-state index in [4.69, 9.17) is 5.73 Å². The Hall–Kier alpha value is -2.70. The van der Waals surface area contributed by atoms with E-state index in [1.165, 1.54) is 22.6 Å². The standard InChI is InChI=1S/C19H19N3O2S/c20-19-12-11-18(13-21-19)25(23,24)22(14-16-7-3-1-4-8-16)15-17-9-5-2-6-10-17/h1-13H,14-15H2,(H2,20,21). The molecule has 3 rings (SSSR count). The van der Waals surface area contributed by atoms with Crippen LogP contribution in [0.4, 0.5) is 5.82 Å². The van der Waals surface area contributed by atoms with Crippen LogP contribution in [0, 0.1) is 0 Å². The molecule has 0 bridgehead atoms. The van der Waals surface area contributed by atoms with Crippen molar-refractivity contribution in [2.45, 2.75) is 18.0 Å². The maximum atomic E-state index is 13.1. The second-order valence-electron chi connectivity index (χ2n) is 5.66. The van der Waals surface area contributed by atoms with Gasteiger partial charge in [-0.2, -0.15) is 4.31 Å². The topological polar surface area (TPSA) is 76.3 Å². The quantitative estimate of drug-likeness (QED) is 0.739. The molecule has 2 N–H and O–H groups in total. The fraction of sp³-hybridized carbons (Fsp3) is 0.105. The van der Waals surface area contributed by atoms with Crippen molar-refractivity contribution < 1.29 is 8.42 Å². The largest absolute Gasteiger partial charge is 0.384 e. The van der Waals surface area contributed by atoms with Gasteiger partial charge in [0.25, 0.3) is 0 Å². The molecule has 0 atom stereocenters. The summed E-state index contributed by atoms with van der Waals surface area (Å²) in [6.07, 6.45) is 1.30. The molecule has 1 aromatic heterocycles. The zero-order valence-electron chi connectivity index (χ0n) is 13.6. The van der Waals surface area contributed by atoms with Gasteiger partial charge in [-0.1, -0.05) is 60.7 Å². The summed E-state index contributed by atoms with van der Waals surface area (Å²) in [6.45, 7) is 0.560. The van der Waals surface area contributed by atoms with Gasteiger partial charge < -0.3 is 5.73 Å². The van der Waals surface area contributed by atoms with E-state index in [9.17, 15) is 8.42 Å². The molecule has 0 aliphatic rings. The summed E-state index contributed by atoms with van der Waals surface area (Å²) in [7, 11) is -3.70. The van der Waals surface area contributed by atoms with E-state index >= 15 is 0 Å². The lowest BCUT2D eigenvalue weighted by molar-refractivity contribution is 0.401. The predicted molar refractivity (Wildman–Crippen MR) is 98.0 cm³/mol. The first kappa shape index (κ1) is 17.1. The van der Waals surface area contributed by atoms with Gasteiger partial charge >= 0.3 is 0 Å². The van der Waals surface area contributed by atoms with Crippen LogP contribution in [0.2, 0.25) is 0 Å². The average Bonchev–Trinajstić information content (AvgIpc) is 2.63. The first-order chi connectivity index (χ1) is 12.1. The van der Waals surface area contributed by atoms with E-state index in [1.807, 2.05) is 60.7 Å². The minimum atomic E-state index is -3.70. The highest BCUT2D eigenvalue weighted by Gasteiger charge is 2.25. The van der Waals surface area contributed by atoms with Crippen molar-refractivity contribution in [2.75, 3.05) is 5.73 Å². The first-order valence-electron chi connectivity index (χ1n) is 7.85. The molecule has 0 aliphatic heterocycles. The summed E-state index contributed by atoms with van der Waals surface area (Å²) in [5.41, 5.74) is 7.42. The highest BCUT2D eigenvalue weighted by Crippen LogP contribution is 2.21. The molecule has 2 aromatic carbocycles. The maximum absolute atomic E-state index is 13.1. The minimum absolute atomic E-state index is 0.133. The van der Waals surface area contributed by atoms with Crippen molar-refractivity contribution in [3.8, 4) is 0 Å². The summed E-state index contributed by atoms with van der Waals surface area (Å²) in [6, 6.07) is 22.0. The van der Waals surface area contributed by atoms with E-state index in [-0.39, 0.29) is 23.8 Å². The van der Waals surface area contributed by atoms with Crippen molar-refractivity contribution in [1.29, 1.82) is 0 Å². The number of sulfonamides is 1. The minimum Gasteiger partial charge on any atom is -0.384 e. The number of nitrogens with two attached hydrogens (primary N) is 1. The van der Waals surface area contributed by atoms with Crippen molar-refractivity contribution in [3.05, 3.63) is 90.1 Å². The monoisotopic (exact) mass is 353 g/mol. The van der Waals surface area contributed by atoms with Gasteiger partial charge in [-0.05, 0) is 23.3 Å². The van der Waals surface area contributed by atoms with Crippen molar-refractivity contribution in [2.24, 2.45) is 0 Å². The zero-order valence-corrected chi connectivity index (χ0v) is 14.4. The number of nitrogen functional groups attached to an aromatic ring is 1. The molecule has 0 radical (unpaired) electrons. The number of rotatable bonds is 6. The fourth-order valence-corrected chi connectivity index (χ4v) is 3.86. The third kappa shape index (κ3) is 4.23. The highest BCUT2D eigenvalue weighted by molar-refractivity contribution is 7.89. The van der Waals surface area contributed by atoms with Crippen LogP contribution < -0.4 is 5.73 Å². The summed E-state index contributed by atoms with van der Waals surface area (Å²) in [5.74, 6) is 0.289. The Bertz CT molecular complexity index is 870. The number of pyridine rings is 1. The van der Waals surface area contributed by atoms with Crippen LogP contribution in [-0.2, 0) is 23.1 Å². The van der Waals surface area contributed by atoms with Crippen LogP contribution >= 0.6 is 0 Å². The number of anilines is 1. The van der Waals surface area contributed by atoms with Crippen LogP contribution in [0.1, 0.15) is 11.1 Å². The van der Waals surface area contributed by atoms with Crippen LogP contribution in [0.3, 0.4) is 0 Å². The first-order valence-corrected chi connectivity index (χ1v) is 9.29. The molecule has 3 aromatic rings. The summed E-state index contributed by atoms with van der Waals surface area (Å²) < 4.78 is 27.6.